The van der Waals surface area contributed by atoms with Crippen molar-refractivity contribution in [2.45, 2.75) is 6.92 Å². The maximum Gasteiger partial charge on any atom is 0.257 e. The molecule has 1 amide bonds. The smallest absolute Gasteiger partial charge is 0.257 e. The van der Waals surface area contributed by atoms with Gasteiger partial charge in [0.1, 0.15) is 0 Å². The molecular weight excluding hydrogens is 348 g/mol. The molecule has 0 saturated heterocycles. The van der Waals surface area contributed by atoms with Gasteiger partial charge in [0, 0.05) is 22.6 Å². The fraction of sp³-hybridized carbons (Fsp3) is 0.0500. The van der Waals surface area contributed by atoms with Crippen molar-refractivity contribution in [2.75, 3.05) is 10.6 Å². The van der Waals surface area contributed by atoms with Crippen LogP contribution in [0.5, 0.6) is 0 Å². The van der Waals surface area contributed by atoms with E-state index < -0.39 is 0 Å². The van der Waals surface area contributed by atoms with E-state index in [1.54, 1.807) is 42.6 Å². The quantitative estimate of drug-likeness (QED) is 0.691. The first kappa shape index (κ1) is 17.5. The second-order valence-corrected chi connectivity index (χ2v) is 6.13. The van der Waals surface area contributed by atoms with Crippen LogP contribution >= 0.6 is 11.6 Å². The van der Waals surface area contributed by atoms with Crippen LogP contribution in [0.2, 0.25) is 5.02 Å². The summed E-state index contributed by atoms with van der Waals surface area (Å²) in [5.74, 6) is -0.279. The maximum absolute atomic E-state index is 12.4. The molecule has 26 heavy (non-hydrogen) atoms. The van der Waals surface area contributed by atoms with Crippen LogP contribution in [0.3, 0.4) is 0 Å². The topological polar surface area (TPSA) is 77.8 Å². The lowest BCUT2D eigenvalue weighted by Gasteiger charge is -2.11. The molecule has 0 atom stereocenters. The van der Waals surface area contributed by atoms with Gasteiger partial charge in [-0.3, -0.25) is 9.78 Å². The Kier molecular flexibility index (Phi) is 5.16. The Labute approximate surface area is 156 Å². The number of nitriles is 1. The zero-order valence-electron chi connectivity index (χ0n) is 14.0. The number of amides is 1. The highest BCUT2D eigenvalue weighted by molar-refractivity contribution is 6.30. The van der Waals surface area contributed by atoms with E-state index >= 15 is 0 Å². The van der Waals surface area contributed by atoms with E-state index in [9.17, 15) is 4.79 Å². The molecular formula is C20H15ClN4O. The molecule has 3 rings (SSSR count). The average Bonchev–Trinajstić information content (AvgIpc) is 2.65. The zero-order valence-corrected chi connectivity index (χ0v) is 14.7. The van der Waals surface area contributed by atoms with Crippen molar-refractivity contribution in [3.8, 4) is 6.07 Å². The lowest BCUT2D eigenvalue weighted by atomic mass is 10.2. The molecule has 5 nitrogen and oxygen atoms in total. The van der Waals surface area contributed by atoms with Crippen molar-refractivity contribution in [1.82, 2.24) is 4.98 Å². The van der Waals surface area contributed by atoms with Gasteiger partial charge in [0.05, 0.1) is 29.1 Å². The number of aromatic nitrogens is 1. The third-order valence-electron chi connectivity index (χ3n) is 3.74. The van der Waals surface area contributed by atoms with Crippen molar-refractivity contribution in [3.05, 3.63) is 82.6 Å². The van der Waals surface area contributed by atoms with E-state index in [2.05, 4.69) is 15.6 Å². The van der Waals surface area contributed by atoms with E-state index in [1.165, 1.54) is 6.20 Å². The predicted octanol–water partition coefficient (Wildman–Crippen LogP) is 4.91. The second kappa shape index (κ2) is 7.68. The number of nitrogens with zero attached hydrogens (tertiary/aromatic N) is 2. The first-order valence-electron chi connectivity index (χ1n) is 7.85. The lowest BCUT2D eigenvalue weighted by molar-refractivity contribution is 0.102. The molecule has 0 aliphatic heterocycles. The summed E-state index contributed by atoms with van der Waals surface area (Å²) in [6, 6.07) is 16.0. The molecule has 3 aromatic rings. The molecule has 0 bridgehead atoms. The third-order valence-corrected chi connectivity index (χ3v) is 3.97. The van der Waals surface area contributed by atoms with Crippen molar-refractivity contribution in [1.29, 1.82) is 5.26 Å². The van der Waals surface area contributed by atoms with E-state index in [4.69, 9.17) is 16.9 Å². The minimum atomic E-state index is -0.279. The summed E-state index contributed by atoms with van der Waals surface area (Å²) in [7, 11) is 0. The van der Waals surface area contributed by atoms with E-state index in [-0.39, 0.29) is 5.91 Å². The highest BCUT2D eigenvalue weighted by atomic mass is 35.5. The van der Waals surface area contributed by atoms with Crippen LogP contribution in [0, 0.1) is 18.3 Å². The number of hydrogen-bond donors (Lipinski definition) is 2. The average molecular weight is 363 g/mol. The van der Waals surface area contributed by atoms with Crippen LogP contribution in [0.15, 0.2) is 60.9 Å². The van der Waals surface area contributed by atoms with Gasteiger partial charge in [-0.15, -0.1) is 0 Å². The summed E-state index contributed by atoms with van der Waals surface area (Å²) in [4.78, 5) is 16.5. The molecule has 2 N–H and O–H groups in total. The van der Waals surface area contributed by atoms with Crippen LogP contribution in [0.25, 0.3) is 0 Å². The molecule has 0 unspecified atom stereocenters. The Morgan fingerprint density at radius 1 is 1.08 bits per heavy atom. The molecule has 0 spiro atoms. The van der Waals surface area contributed by atoms with Crippen LogP contribution in [0.1, 0.15) is 21.5 Å². The van der Waals surface area contributed by atoms with Crippen LogP contribution in [-0.4, -0.2) is 10.9 Å². The van der Waals surface area contributed by atoms with Crippen molar-refractivity contribution in [2.24, 2.45) is 0 Å². The first-order valence-corrected chi connectivity index (χ1v) is 8.23. The van der Waals surface area contributed by atoms with Crippen molar-refractivity contribution >= 4 is 34.6 Å². The highest BCUT2D eigenvalue weighted by Gasteiger charge is 2.09. The zero-order chi connectivity index (χ0) is 18.5. The minimum Gasteiger partial charge on any atom is -0.354 e. The summed E-state index contributed by atoms with van der Waals surface area (Å²) in [6.07, 6.45) is 3.14. The van der Waals surface area contributed by atoms with Gasteiger partial charge in [0.2, 0.25) is 0 Å². The maximum atomic E-state index is 12.4. The summed E-state index contributed by atoms with van der Waals surface area (Å²) in [5.41, 5.74) is 4.15. The number of carbonyl (C=O) groups is 1. The molecule has 1 heterocycles. The fourth-order valence-corrected chi connectivity index (χ4v) is 2.61. The van der Waals surface area contributed by atoms with Gasteiger partial charge in [0.25, 0.3) is 5.91 Å². The van der Waals surface area contributed by atoms with Crippen molar-refractivity contribution in [3.63, 3.8) is 0 Å². The number of rotatable bonds is 4. The monoisotopic (exact) mass is 362 g/mol. The third kappa shape index (κ3) is 4.18. The Balaban J connectivity index is 1.75. The van der Waals surface area contributed by atoms with E-state index in [0.29, 0.717) is 27.5 Å². The van der Waals surface area contributed by atoms with Crippen molar-refractivity contribution < 1.29 is 4.79 Å². The van der Waals surface area contributed by atoms with Crippen LogP contribution < -0.4 is 10.6 Å². The van der Waals surface area contributed by atoms with Gasteiger partial charge in [-0.2, -0.15) is 5.26 Å². The molecule has 0 aliphatic rings. The lowest BCUT2D eigenvalue weighted by Crippen LogP contribution is -2.12. The second-order valence-electron chi connectivity index (χ2n) is 5.69. The first-order chi connectivity index (χ1) is 12.5. The Morgan fingerprint density at radius 2 is 1.85 bits per heavy atom. The van der Waals surface area contributed by atoms with Gasteiger partial charge in [-0.05, 0) is 61.0 Å². The van der Waals surface area contributed by atoms with Crippen LogP contribution in [0.4, 0.5) is 17.1 Å². The minimum absolute atomic E-state index is 0.279. The number of anilines is 3. The summed E-state index contributed by atoms with van der Waals surface area (Å²) < 4.78 is 0. The van der Waals surface area contributed by atoms with Gasteiger partial charge < -0.3 is 10.6 Å². The number of carbonyl (C=O) groups excluding carboxylic acids is 1. The number of pyridine rings is 1. The number of nitrogens with one attached hydrogen (secondary N) is 2. The van der Waals surface area contributed by atoms with Gasteiger partial charge >= 0.3 is 0 Å². The van der Waals surface area contributed by atoms with Crippen LogP contribution in [-0.2, 0) is 0 Å². The molecule has 0 saturated carbocycles. The molecule has 0 radical (unpaired) electrons. The number of aryl methyl sites for hydroxylation is 1. The molecule has 0 aliphatic carbocycles. The molecule has 128 valence electrons. The molecule has 6 heteroatoms. The standard InChI is InChI=1S/C20H15ClN4O/c1-13-8-16(21)4-7-19(13)24-18-9-15(11-23-12-18)20(26)25-17-5-2-14(10-22)3-6-17/h2-9,11-12,24H,1H3,(H,25,26). The number of hydrogen-bond acceptors (Lipinski definition) is 4. The summed E-state index contributed by atoms with van der Waals surface area (Å²) in [5, 5.41) is 15.5. The summed E-state index contributed by atoms with van der Waals surface area (Å²) >= 11 is 5.97. The van der Waals surface area contributed by atoms with E-state index in [0.717, 1.165) is 11.3 Å². The largest absolute Gasteiger partial charge is 0.354 e. The van der Waals surface area contributed by atoms with Gasteiger partial charge in [-0.1, -0.05) is 11.6 Å². The molecule has 1 aromatic heterocycles. The Bertz CT molecular complexity index is 993. The predicted molar refractivity (Wildman–Crippen MR) is 103 cm³/mol. The highest BCUT2D eigenvalue weighted by Crippen LogP contribution is 2.23. The Morgan fingerprint density at radius 3 is 2.54 bits per heavy atom. The SMILES string of the molecule is Cc1cc(Cl)ccc1Nc1cncc(C(=O)Nc2ccc(C#N)cc2)c1. The fourth-order valence-electron chi connectivity index (χ4n) is 2.39. The Hall–Kier alpha value is -3.36. The normalized spacial score (nSPS) is 10.0. The number of halogens is 1. The summed E-state index contributed by atoms with van der Waals surface area (Å²) in [6.45, 7) is 1.95. The molecule has 2 aromatic carbocycles. The van der Waals surface area contributed by atoms with E-state index in [1.807, 2.05) is 25.1 Å². The number of benzene rings is 2. The molecule has 0 fully saturated rings. The van der Waals surface area contributed by atoms with Gasteiger partial charge in [-0.25, -0.2) is 0 Å². The van der Waals surface area contributed by atoms with Gasteiger partial charge in [0.15, 0.2) is 0 Å².